The van der Waals surface area contributed by atoms with Gasteiger partial charge in [-0.05, 0) is 24.6 Å². The predicted molar refractivity (Wildman–Crippen MR) is 65.1 cm³/mol. The van der Waals surface area contributed by atoms with Crippen molar-refractivity contribution in [2.75, 3.05) is 13.2 Å². The van der Waals surface area contributed by atoms with E-state index in [-0.39, 0.29) is 18.9 Å². The average molecular weight is 292 g/mol. The molecule has 3 N–H and O–H groups in total. The first kappa shape index (κ1) is 16.1. The van der Waals surface area contributed by atoms with Crippen molar-refractivity contribution in [2.45, 2.75) is 19.3 Å². The number of carbonyl (C=O) groups is 1. The van der Waals surface area contributed by atoms with E-state index in [0.29, 0.717) is 5.56 Å². The molecular formula is C12H15F3N2O3. The van der Waals surface area contributed by atoms with Gasteiger partial charge in [0.2, 0.25) is 0 Å². The van der Waals surface area contributed by atoms with E-state index in [0.717, 1.165) is 12.1 Å². The highest BCUT2D eigenvalue weighted by Gasteiger charge is 2.31. The molecule has 0 saturated carbocycles. The maximum atomic E-state index is 12.1. The van der Waals surface area contributed by atoms with Crippen LogP contribution in [0.2, 0.25) is 0 Å². The first-order valence-corrected chi connectivity index (χ1v) is 5.84. The van der Waals surface area contributed by atoms with Crippen LogP contribution in [-0.4, -0.2) is 25.6 Å². The highest BCUT2D eigenvalue weighted by atomic mass is 19.4. The number of halogens is 3. The summed E-state index contributed by atoms with van der Waals surface area (Å²) < 4.78 is 44.9. The third kappa shape index (κ3) is 5.35. The van der Waals surface area contributed by atoms with Gasteiger partial charge in [0, 0.05) is 6.54 Å². The Morgan fingerprint density at radius 2 is 2.15 bits per heavy atom. The molecule has 0 heterocycles. The van der Waals surface area contributed by atoms with Crippen molar-refractivity contribution in [3.05, 3.63) is 29.8 Å². The lowest BCUT2D eigenvalue weighted by Gasteiger charge is -2.18. The van der Waals surface area contributed by atoms with Gasteiger partial charge >= 0.3 is 12.5 Å². The molecule has 1 rings (SSSR count). The van der Waals surface area contributed by atoms with Gasteiger partial charge in [-0.25, -0.2) is 4.79 Å². The molecule has 1 unspecified atom stereocenters. The van der Waals surface area contributed by atoms with Gasteiger partial charge in [0.05, 0.1) is 12.6 Å². The van der Waals surface area contributed by atoms with Crippen LogP contribution in [0, 0.1) is 0 Å². The molecule has 0 bridgehead atoms. The molecule has 0 spiro atoms. The first-order valence-electron chi connectivity index (χ1n) is 5.84. The summed E-state index contributed by atoms with van der Waals surface area (Å²) in [4.78, 5) is 11.3. The molecule has 0 aliphatic heterocycles. The third-order valence-electron chi connectivity index (χ3n) is 2.30. The van der Waals surface area contributed by atoms with Gasteiger partial charge < -0.3 is 20.5 Å². The number of nitrogens with one attached hydrogen (secondary N) is 1. The molecule has 0 radical (unpaired) electrons. The number of rotatable bonds is 5. The number of amides is 1. The lowest BCUT2D eigenvalue weighted by molar-refractivity contribution is -0.274. The van der Waals surface area contributed by atoms with Crippen LogP contribution >= 0.6 is 0 Å². The minimum absolute atomic E-state index is 0.00822. The number of benzene rings is 1. The Bertz CT molecular complexity index is 452. The summed E-state index contributed by atoms with van der Waals surface area (Å²) in [6, 6.07) is 4.58. The highest BCUT2D eigenvalue weighted by Crippen LogP contribution is 2.25. The summed E-state index contributed by atoms with van der Waals surface area (Å²) in [6.07, 6.45) is -5.46. The van der Waals surface area contributed by atoms with Crippen molar-refractivity contribution in [3.8, 4) is 5.75 Å². The maximum absolute atomic E-state index is 12.1. The van der Waals surface area contributed by atoms with E-state index in [1.54, 1.807) is 6.92 Å². The second kappa shape index (κ2) is 6.99. The zero-order chi connectivity index (χ0) is 15.2. The Balaban J connectivity index is 2.82. The van der Waals surface area contributed by atoms with Crippen molar-refractivity contribution in [1.29, 1.82) is 0 Å². The maximum Gasteiger partial charge on any atom is 0.573 e. The molecule has 5 nitrogen and oxygen atoms in total. The van der Waals surface area contributed by atoms with E-state index in [9.17, 15) is 18.0 Å². The van der Waals surface area contributed by atoms with E-state index in [4.69, 9.17) is 5.73 Å². The van der Waals surface area contributed by atoms with Crippen molar-refractivity contribution in [2.24, 2.45) is 5.73 Å². The van der Waals surface area contributed by atoms with E-state index in [1.807, 2.05) is 0 Å². The molecule has 1 amide bonds. The van der Waals surface area contributed by atoms with Crippen LogP contribution in [0.1, 0.15) is 18.5 Å². The van der Waals surface area contributed by atoms with Gasteiger partial charge in [-0.2, -0.15) is 0 Å². The molecule has 1 aromatic rings. The molecule has 1 aromatic carbocycles. The average Bonchev–Trinajstić information content (AvgIpc) is 2.34. The molecule has 0 fully saturated rings. The molecule has 20 heavy (non-hydrogen) atoms. The van der Waals surface area contributed by atoms with E-state index >= 15 is 0 Å². The number of carbonyl (C=O) groups excluding carboxylic acids is 1. The summed E-state index contributed by atoms with van der Waals surface area (Å²) in [5.74, 6) is -0.376. The highest BCUT2D eigenvalue weighted by molar-refractivity contribution is 5.68. The van der Waals surface area contributed by atoms with Crippen LogP contribution < -0.4 is 15.8 Å². The van der Waals surface area contributed by atoms with Crippen LogP contribution in [-0.2, 0) is 4.74 Å². The Labute approximate surface area is 113 Å². The van der Waals surface area contributed by atoms with Gasteiger partial charge in [0.15, 0.2) is 0 Å². The number of hydrogen-bond donors (Lipinski definition) is 2. The molecule has 0 aliphatic rings. The van der Waals surface area contributed by atoms with Crippen molar-refractivity contribution in [3.63, 3.8) is 0 Å². The Morgan fingerprint density at radius 1 is 1.45 bits per heavy atom. The second-order valence-corrected chi connectivity index (χ2v) is 3.77. The van der Waals surface area contributed by atoms with Gasteiger partial charge in [0.1, 0.15) is 5.75 Å². The summed E-state index contributed by atoms with van der Waals surface area (Å²) in [6.45, 7) is 1.82. The zero-order valence-corrected chi connectivity index (χ0v) is 10.7. The summed E-state index contributed by atoms with van der Waals surface area (Å²) >= 11 is 0. The third-order valence-corrected chi connectivity index (χ3v) is 2.30. The van der Waals surface area contributed by atoms with Crippen LogP contribution in [0.3, 0.4) is 0 Å². The van der Waals surface area contributed by atoms with Crippen LogP contribution in [0.5, 0.6) is 5.75 Å². The molecule has 0 saturated heterocycles. The van der Waals surface area contributed by atoms with Crippen molar-refractivity contribution >= 4 is 6.09 Å². The fourth-order valence-corrected chi connectivity index (χ4v) is 1.52. The smallest absolute Gasteiger partial charge is 0.450 e. The standard InChI is InChI=1S/C12H15F3N2O3/c1-2-19-11(18)17-10(7-16)8-4-3-5-9(6-8)20-12(13,14)15/h3-6,10H,2,7,16H2,1H3,(H,17,18). The minimum Gasteiger partial charge on any atom is -0.450 e. The lowest BCUT2D eigenvalue weighted by Crippen LogP contribution is -2.33. The second-order valence-electron chi connectivity index (χ2n) is 3.77. The Hall–Kier alpha value is -1.96. The fourth-order valence-electron chi connectivity index (χ4n) is 1.52. The Kier molecular flexibility index (Phi) is 5.63. The largest absolute Gasteiger partial charge is 0.573 e. The van der Waals surface area contributed by atoms with Gasteiger partial charge in [-0.3, -0.25) is 0 Å². The van der Waals surface area contributed by atoms with Crippen molar-refractivity contribution < 1.29 is 27.4 Å². The zero-order valence-electron chi connectivity index (χ0n) is 10.7. The van der Waals surface area contributed by atoms with Crippen LogP contribution in [0.15, 0.2) is 24.3 Å². The monoisotopic (exact) mass is 292 g/mol. The molecule has 1 atom stereocenters. The molecule has 0 aliphatic carbocycles. The Morgan fingerprint density at radius 3 is 2.70 bits per heavy atom. The summed E-state index contributed by atoms with van der Waals surface area (Å²) in [5.41, 5.74) is 5.88. The number of alkyl halides is 3. The number of alkyl carbamates (subject to hydrolysis) is 1. The van der Waals surface area contributed by atoms with Crippen molar-refractivity contribution in [1.82, 2.24) is 5.32 Å². The number of ether oxygens (including phenoxy) is 2. The number of nitrogens with two attached hydrogens (primary N) is 1. The molecule has 8 heteroatoms. The quantitative estimate of drug-likeness (QED) is 0.873. The predicted octanol–water partition coefficient (Wildman–Crippen LogP) is 2.33. The normalized spacial score (nSPS) is 12.7. The van der Waals surface area contributed by atoms with E-state index in [2.05, 4.69) is 14.8 Å². The fraction of sp³-hybridized carbons (Fsp3) is 0.417. The lowest BCUT2D eigenvalue weighted by atomic mass is 10.1. The van der Waals surface area contributed by atoms with E-state index < -0.39 is 18.5 Å². The topological polar surface area (TPSA) is 73.6 Å². The van der Waals surface area contributed by atoms with Gasteiger partial charge in [-0.1, -0.05) is 12.1 Å². The van der Waals surface area contributed by atoms with Crippen LogP contribution in [0.25, 0.3) is 0 Å². The summed E-state index contributed by atoms with van der Waals surface area (Å²) in [7, 11) is 0. The SMILES string of the molecule is CCOC(=O)NC(CN)c1cccc(OC(F)(F)F)c1. The molecule has 0 aromatic heterocycles. The number of hydrogen-bond acceptors (Lipinski definition) is 4. The first-order chi connectivity index (χ1) is 9.35. The minimum atomic E-state index is -4.77. The van der Waals surface area contributed by atoms with Crippen LogP contribution in [0.4, 0.5) is 18.0 Å². The molecular weight excluding hydrogens is 277 g/mol. The summed E-state index contributed by atoms with van der Waals surface area (Å²) in [5, 5.41) is 2.45. The van der Waals surface area contributed by atoms with Gasteiger partial charge in [0.25, 0.3) is 0 Å². The van der Waals surface area contributed by atoms with Gasteiger partial charge in [-0.15, -0.1) is 13.2 Å². The molecule has 112 valence electrons. The van der Waals surface area contributed by atoms with E-state index in [1.165, 1.54) is 12.1 Å².